The van der Waals surface area contributed by atoms with Crippen LogP contribution >= 0.6 is 12.4 Å². The van der Waals surface area contributed by atoms with Crippen LogP contribution in [0.4, 0.5) is 0 Å². The van der Waals surface area contributed by atoms with Crippen molar-refractivity contribution in [2.45, 2.75) is 25.8 Å². The average molecular weight is 241 g/mol. The number of carbonyl (C=O) groups excluding carboxylic acids is 1. The molecule has 16 heavy (non-hydrogen) atoms. The fourth-order valence-corrected chi connectivity index (χ4v) is 2.15. The molecule has 0 aromatic heterocycles. The van der Waals surface area contributed by atoms with Gasteiger partial charge in [-0.25, -0.2) is 0 Å². The molecule has 1 atom stereocenters. The van der Waals surface area contributed by atoms with Crippen molar-refractivity contribution in [3.05, 3.63) is 34.9 Å². The standard InChI is InChI=1S/C12H16N2O.ClH/c1-8-2-4-10-9(6-8)3-5-11(10)14-12(15)7-13;/h2,4,6,11H,3,5,7,13H2,1H3,(H,14,15);1H. The van der Waals surface area contributed by atoms with Gasteiger partial charge in [0.2, 0.25) is 5.91 Å². The summed E-state index contributed by atoms with van der Waals surface area (Å²) in [6, 6.07) is 6.56. The van der Waals surface area contributed by atoms with Gasteiger partial charge in [0.15, 0.2) is 0 Å². The van der Waals surface area contributed by atoms with Gasteiger partial charge in [0.1, 0.15) is 0 Å². The van der Waals surface area contributed by atoms with Gasteiger partial charge in [0.05, 0.1) is 12.6 Å². The maximum Gasteiger partial charge on any atom is 0.234 e. The molecule has 1 aromatic rings. The highest BCUT2D eigenvalue weighted by Crippen LogP contribution is 2.31. The Morgan fingerprint density at radius 2 is 2.31 bits per heavy atom. The zero-order valence-corrected chi connectivity index (χ0v) is 10.1. The van der Waals surface area contributed by atoms with E-state index in [-0.39, 0.29) is 30.9 Å². The monoisotopic (exact) mass is 240 g/mol. The van der Waals surface area contributed by atoms with E-state index in [9.17, 15) is 4.79 Å². The minimum atomic E-state index is -0.0755. The Morgan fingerprint density at radius 1 is 1.56 bits per heavy atom. The van der Waals surface area contributed by atoms with E-state index >= 15 is 0 Å². The molecule has 2 rings (SSSR count). The summed E-state index contributed by atoms with van der Waals surface area (Å²) >= 11 is 0. The maximum absolute atomic E-state index is 11.2. The molecule has 1 aliphatic carbocycles. The number of hydrogen-bond donors (Lipinski definition) is 2. The van der Waals surface area contributed by atoms with E-state index in [4.69, 9.17) is 5.73 Å². The summed E-state index contributed by atoms with van der Waals surface area (Å²) < 4.78 is 0. The first-order chi connectivity index (χ1) is 7.20. The summed E-state index contributed by atoms with van der Waals surface area (Å²) in [5, 5.41) is 2.94. The zero-order chi connectivity index (χ0) is 10.8. The van der Waals surface area contributed by atoms with Gasteiger partial charge in [-0.1, -0.05) is 23.8 Å². The number of nitrogens with two attached hydrogens (primary N) is 1. The van der Waals surface area contributed by atoms with Crippen molar-refractivity contribution in [3.63, 3.8) is 0 Å². The number of hydrogen-bond acceptors (Lipinski definition) is 2. The van der Waals surface area contributed by atoms with Crippen LogP contribution in [-0.2, 0) is 11.2 Å². The Bertz CT molecular complexity index is 393. The molecule has 0 radical (unpaired) electrons. The lowest BCUT2D eigenvalue weighted by atomic mass is 10.1. The van der Waals surface area contributed by atoms with E-state index < -0.39 is 0 Å². The molecule has 0 spiro atoms. The topological polar surface area (TPSA) is 55.1 Å². The molecule has 3 nitrogen and oxygen atoms in total. The second-order valence-electron chi connectivity index (χ2n) is 4.07. The first-order valence-electron chi connectivity index (χ1n) is 5.29. The number of nitrogens with one attached hydrogen (secondary N) is 1. The molecular formula is C12H17ClN2O. The predicted octanol–water partition coefficient (Wildman–Crippen LogP) is 1.48. The number of benzene rings is 1. The highest BCUT2D eigenvalue weighted by atomic mass is 35.5. The number of fused-ring (bicyclic) bond motifs is 1. The molecule has 0 fully saturated rings. The number of amides is 1. The molecular weight excluding hydrogens is 224 g/mol. The lowest BCUT2D eigenvalue weighted by Crippen LogP contribution is -2.32. The fraction of sp³-hybridized carbons (Fsp3) is 0.417. The van der Waals surface area contributed by atoms with Crippen molar-refractivity contribution in [1.29, 1.82) is 0 Å². The molecule has 3 N–H and O–H groups in total. The maximum atomic E-state index is 11.2. The van der Waals surface area contributed by atoms with Gasteiger partial charge in [0, 0.05) is 0 Å². The molecule has 0 bridgehead atoms. The van der Waals surface area contributed by atoms with E-state index in [2.05, 4.69) is 30.4 Å². The molecule has 1 aromatic carbocycles. The quantitative estimate of drug-likeness (QED) is 0.823. The van der Waals surface area contributed by atoms with E-state index in [0.29, 0.717) is 0 Å². The molecule has 0 saturated carbocycles. The predicted molar refractivity (Wildman–Crippen MR) is 66.7 cm³/mol. The van der Waals surface area contributed by atoms with Crippen LogP contribution in [0.1, 0.15) is 29.2 Å². The summed E-state index contributed by atoms with van der Waals surface area (Å²) in [4.78, 5) is 11.2. The van der Waals surface area contributed by atoms with Crippen molar-refractivity contribution < 1.29 is 4.79 Å². The van der Waals surface area contributed by atoms with Gasteiger partial charge in [-0.3, -0.25) is 4.79 Å². The molecule has 1 aliphatic rings. The van der Waals surface area contributed by atoms with Crippen LogP contribution < -0.4 is 11.1 Å². The van der Waals surface area contributed by atoms with Crippen LogP contribution in [0, 0.1) is 6.92 Å². The van der Waals surface area contributed by atoms with Crippen LogP contribution in [0.2, 0.25) is 0 Å². The normalized spacial score (nSPS) is 17.5. The highest BCUT2D eigenvalue weighted by molar-refractivity contribution is 5.85. The summed E-state index contributed by atoms with van der Waals surface area (Å²) in [6.07, 6.45) is 2.04. The van der Waals surface area contributed by atoms with Crippen molar-refractivity contribution in [2.75, 3.05) is 6.54 Å². The summed E-state index contributed by atoms with van der Waals surface area (Å²) in [5.74, 6) is -0.0755. The zero-order valence-electron chi connectivity index (χ0n) is 9.32. The lowest BCUT2D eigenvalue weighted by molar-refractivity contribution is -0.120. The van der Waals surface area contributed by atoms with E-state index in [1.165, 1.54) is 16.7 Å². The van der Waals surface area contributed by atoms with Gasteiger partial charge in [-0.2, -0.15) is 0 Å². The van der Waals surface area contributed by atoms with Crippen LogP contribution in [0.15, 0.2) is 18.2 Å². The largest absolute Gasteiger partial charge is 0.348 e. The summed E-state index contributed by atoms with van der Waals surface area (Å²) in [5.41, 5.74) is 9.17. The Kier molecular flexibility index (Phi) is 4.33. The minimum absolute atomic E-state index is 0. The Morgan fingerprint density at radius 3 is 3.00 bits per heavy atom. The molecule has 0 heterocycles. The second-order valence-corrected chi connectivity index (χ2v) is 4.07. The Balaban J connectivity index is 0.00000128. The van der Waals surface area contributed by atoms with Crippen LogP contribution in [0.5, 0.6) is 0 Å². The van der Waals surface area contributed by atoms with Crippen molar-refractivity contribution >= 4 is 18.3 Å². The van der Waals surface area contributed by atoms with Gasteiger partial charge in [0.25, 0.3) is 0 Å². The number of halogens is 1. The third-order valence-corrected chi connectivity index (χ3v) is 2.90. The number of aryl methyl sites for hydroxylation is 2. The average Bonchev–Trinajstić information content (AvgIpc) is 2.60. The van der Waals surface area contributed by atoms with E-state index in [1.807, 2.05) is 0 Å². The molecule has 1 unspecified atom stereocenters. The second kappa shape index (κ2) is 5.32. The Labute approximate surface area is 102 Å². The van der Waals surface area contributed by atoms with Gasteiger partial charge in [-0.15, -0.1) is 12.4 Å². The van der Waals surface area contributed by atoms with Crippen molar-refractivity contribution in [3.8, 4) is 0 Å². The van der Waals surface area contributed by atoms with Crippen LogP contribution in [0.3, 0.4) is 0 Å². The van der Waals surface area contributed by atoms with Crippen LogP contribution in [0.25, 0.3) is 0 Å². The first-order valence-corrected chi connectivity index (χ1v) is 5.29. The summed E-state index contributed by atoms with van der Waals surface area (Å²) in [6.45, 7) is 2.16. The van der Waals surface area contributed by atoms with Crippen LogP contribution in [-0.4, -0.2) is 12.5 Å². The third kappa shape index (κ3) is 2.54. The molecule has 88 valence electrons. The lowest BCUT2D eigenvalue weighted by Gasteiger charge is -2.13. The van der Waals surface area contributed by atoms with E-state index in [0.717, 1.165) is 12.8 Å². The molecule has 1 amide bonds. The molecule has 0 aliphatic heterocycles. The smallest absolute Gasteiger partial charge is 0.234 e. The highest BCUT2D eigenvalue weighted by Gasteiger charge is 2.23. The van der Waals surface area contributed by atoms with E-state index in [1.54, 1.807) is 0 Å². The van der Waals surface area contributed by atoms with Crippen molar-refractivity contribution in [1.82, 2.24) is 5.32 Å². The SMILES string of the molecule is Cc1ccc2c(c1)CCC2NC(=O)CN.Cl. The molecule has 4 heteroatoms. The van der Waals surface area contributed by atoms with Crippen molar-refractivity contribution in [2.24, 2.45) is 5.73 Å². The first kappa shape index (κ1) is 13.0. The number of carbonyl (C=O) groups is 1. The molecule has 0 saturated heterocycles. The summed E-state index contributed by atoms with van der Waals surface area (Å²) in [7, 11) is 0. The van der Waals surface area contributed by atoms with Gasteiger partial charge >= 0.3 is 0 Å². The van der Waals surface area contributed by atoms with Gasteiger partial charge in [-0.05, 0) is 30.9 Å². The number of rotatable bonds is 2. The fourth-order valence-electron chi connectivity index (χ4n) is 2.15. The third-order valence-electron chi connectivity index (χ3n) is 2.90. The van der Waals surface area contributed by atoms with Gasteiger partial charge < -0.3 is 11.1 Å². The Hall–Kier alpha value is -1.06. The minimum Gasteiger partial charge on any atom is -0.348 e.